The van der Waals surface area contributed by atoms with Crippen LogP contribution in [0, 0.1) is 6.92 Å². The summed E-state index contributed by atoms with van der Waals surface area (Å²) in [5, 5.41) is 0.792. The van der Waals surface area contributed by atoms with E-state index in [2.05, 4.69) is 48.1 Å². The molecule has 29 heavy (non-hydrogen) atoms. The molecule has 0 aliphatic carbocycles. The van der Waals surface area contributed by atoms with E-state index in [0.717, 1.165) is 30.3 Å². The van der Waals surface area contributed by atoms with Gasteiger partial charge in [0, 0.05) is 19.3 Å². The summed E-state index contributed by atoms with van der Waals surface area (Å²) < 4.78 is 3.41. The largest absolute Gasteiger partial charge is 0.329 e. The fourth-order valence-electron chi connectivity index (χ4n) is 3.41. The zero-order chi connectivity index (χ0) is 20.8. The fourth-order valence-corrected chi connectivity index (χ4v) is 4.39. The van der Waals surface area contributed by atoms with E-state index in [9.17, 15) is 9.59 Å². The Kier molecular flexibility index (Phi) is 7.36. The first-order valence-electron chi connectivity index (χ1n) is 10.4. The van der Waals surface area contributed by atoms with E-state index >= 15 is 0 Å². The predicted octanol–water partition coefficient (Wildman–Crippen LogP) is 4.38. The summed E-state index contributed by atoms with van der Waals surface area (Å²) in [6.07, 6.45) is 7.09. The number of hydrogen-bond donors (Lipinski definition) is 1. The zero-order valence-corrected chi connectivity index (χ0v) is 18.3. The van der Waals surface area contributed by atoms with E-state index in [4.69, 9.17) is 0 Å². The van der Waals surface area contributed by atoms with Crippen molar-refractivity contribution >= 4 is 22.9 Å². The lowest BCUT2D eigenvalue weighted by Gasteiger charge is -2.09. The molecule has 0 aliphatic heterocycles. The van der Waals surface area contributed by atoms with Crippen LogP contribution in [0.1, 0.15) is 56.6 Å². The molecule has 0 fully saturated rings. The van der Waals surface area contributed by atoms with Crippen LogP contribution in [0.5, 0.6) is 0 Å². The molecule has 7 heteroatoms. The molecule has 3 aromatic rings. The number of aryl methyl sites for hydroxylation is 3. The highest BCUT2D eigenvalue weighted by atomic mass is 32.2. The first-order valence-corrected chi connectivity index (χ1v) is 11.4. The molecule has 1 N–H and O–H groups in total. The number of rotatable bonds is 10. The van der Waals surface area contributed by atoms with E-state index in [1.165, 1.54) is 41.4 Å². The number of imidazole rings is 1. The van der Waals surface area contributed by atoms with Crippen molar-refractivity contribution in [3.63, 3.8) is 0 Å². The van der Waals surface area contributed by atoms with Crippen LogP contribution in [-0.2, 0) is 19.3 Å². The monoisotopic (exact) mass is 414 g/mol. The van der Waals surface area contributed by atoms with Gasteiger partial charge in [0.25, 0.3) is 5.56 Å². The zero-order valence-electron chi connectivity index (χ0n) is 17.5. The van der Waals surface area contributed by atoms with Gasteiger partial charge in [0.2, 0.25) is 0 Å². The number of aromatic amines is 1. The van der Waals surface area contributed by atoms with E-state index in [1.807, 2.05) is 4.57 Å². The third-order valence-corrected chi connectivity index (χ3v) is 6.24. The van der Waals surface area contributed by atoms with Crippen LogP contribution in [0.3, 0.4) is 0 Å². The van der Waals surface area contributed by atoms with Crippen LogP contribution < -0.4 is 11.2 Å². The minimum Gasteiger partial charge on any atom is -0.313 e. The number of benzene rings is 1. The number of hydrogen-bond acceptors (Lipinski definition) is 4. The van der Waals surface area contributed by atoms with Gasteiger partial charge in [0.1, 0.15) is 0 Å². The van der Waals surface area contributed by atoms with Crippen molar-refractivity contribution in [1.82, 2.24) is 19.1 Å². The van der Waals surface area contributed by atoms with Crippen LogP contribution in [0.15, 0.2) is 39.0 Å². The number of fused-ring (bicyclic) bond motifs is 1. The van der Waals surface area contributed by atoms with Gasteiger partial charge in [-0.1, -0.05) is 80.6 Å². The number of nitrogens with one attached hydrogen (secondary N) is 1. The lowest BCUT2D eigenvalue weighted by atomic mass is 10.1. The molecule has 6 nitrogen and oxygen atoms in total. The highest BCUT2D eigenvalue weighted by Crippen LogP contribution is 2.26. The van der Waals surface area contributed by atoms with Crippen LogP contribution in [-0.4, -0.2) is 19.1 Å². The van der Waals surface area contributed by atoms with Crippen molar-refractivity contribution in [2.75, 3.05) is 0 Å². The molecule has 2 aromatic heterocycles. The highest BCUT2D eigenvalue weighted by Gasteiger charge is 2.17. The Labute approximate surface area is 175 Å². The molecule has 0 spiro atoms. The number of thioether (sulfide) groups is 1. The summed E-state index contributed by atoms with van der Waals surface area (Å²) in [5.74, 6) is 0.770. The van der Waals surface area contributed by atoms with Crippen LogP contribution in [0.25, 0.3) is 11.2 Å². The normalized spacial score (nSPS) is 11.4. The van der Waals surface area contributed by atoms with Gasteiger partial charge in [-0.25, -0.2) is 9.78 Å². The molecule has 2 heterocycles. The molecular formula is C22H30N4O2S. The van der Waals surface area contributed by atoms with E-state index in [0.29, 0.717) is 11.2 Å². The van der Waals surface area contributed by atoms with Gasteiger partial charge >= 0.3 is 5.69 Å². The molecule has 156 valence electrons. The summed E-state index contributed by atoms with van der Waals surface area (Å²) in [4.78, 5) is 31.6. The van der Waals surface area contributed by atoms with Crippen molar-refractivity contribution in [3.8, 4) is 0 Å². The van der Waals surface area contributed by atoms with Crippen molar-refractivity contribution in [3.05, 3.63) is 56.2 Å². The van der Waals surface area contributed by atoms with Gasteiger partial charge in [-0.05, 0) is 18.9 Å². The molecule has 1 aromatic carbocycles. The molecule has 0 amide bonds. The predicted molar refractivity (Wildman–Crippen MR) is 120 cm³/mol. The Bertz CT molecular complexity index is 1060. The fraction of sp³-hybridized carbons (Fsp3) is 0.500. The molecule has 0 saturated heterocycles. The third-order valence-electron chi connectivity index (χ3n) is 5.20. The topological polar surface area (TPSA) is 72.7 Å². The van der Waals surface area contributed by atoms with Crippen molar-refractivity contribution in [1.29, 1.82) is 0 Å². The van der Waals surface area contributed by atoms with Crippen molar-refractivity contribution in [2.45, 2.75) is 69.8 Å². The summed E-state index contributed by atoms with van der Waals surface area (Å²) >= 11 is 1.61. The van der Waals surface area contributed by atoms with Gasteiger partial charge in [-0.3, -0.25) is 14.3 Å². The summed E-state index contributed by atoms with van der Waals surface area (Å²) in [7, 11) is 1.65. The number of nitrogens with zero attached hydrogens (tertiary/aromatic N) is 3. The lowest BCUT2D eigenvalue weighted by Crippen LogP contribution is -2.29. The van der Waals surface area contributed by atoms with Gasteiger partial charge in [0.05, 0.1) is 0 Å². The van der Waals surface area contributed by atoms with Gasteiger partial charge in [-0.2, -0.15) is 0 Å². The van der Waals surface area contributed by atoms with Gasteiger partial charge in [-0.15, -0.1) is 0 Å². The quantitative estimate of drug-likeness (QED) is 0.395. The molecule has 3 rings (SSSR count). The minimum atomic E-state index is -0.429. The van der Waals surface area contributed by atoms with Gasteiger partial charge in [0.15, 0.2) is 16.3 Å². The van der Waals surface area contributed by atoms with E-state index in [1.54, 1.807) is 18.8 Å². The molecule has 0 unspecified atom stereocenters. The Hall–Kier alpha value is -2.28. The molecular weight excluding hydrogens is 384 g/mol. The second-order valence-electron chi connectivity index (χ2n) is 7.58. The first-order chi connectivity index (χ1) is 14.0. The maximum Gasteiger partial charge on any atom is 0.329 e. The molecule has 0 aliphatic rings. The second kappa shape index (κ2) is 9.96. The maximum atomic E-state index is 12.5. The summed E-state index contributed by atoms with van der Waals surface area (Å²) in [6.45, 7) is 5.02. The van der Waals surface area contributed by atoms with Crippen LogP contribution in [0.4, 0.5) is 0 Å². The summed E-state index contributed by atoms with van der Waals surface area (Å²) in [6, 6.07) is 8.43. The third kappa shape index (κ3) is 5.21. The van der Waals surface area contributed by atoms with E-state index < -0.39 is 5.69 Å². The summed E-state index contributed by atoms with van der Waals surface area (Å²) in [5.41, 5.74) is 2.60. The smallest absolute Gasteiger partial charge is 0.313 e. The van der Waals surface area contributed by atoms with Crippen molar-refractivity contribution < 1.29 is 0 Å². The molecule has 0 radical (unpaired) electrons. The average molecular weight is 415 g/mol. The van der Waals surface area contributed by atoms with E-state index in [-0.39, 0.29) is 5.56 Å². The molecule has 0 atom stereocenters. The molecule has 0 saturated carbocycles. The minimum absolute atomic E-state index is 0.358. The Morgan fingerprint density at radius 3 is 2.45 bits per heavy atom. The number of H-pyrrole nitrogens is 1. The SMILES string of the molecule is CCCCCCCCn1c(SCc2ccc(C)cc2)nc2c1c(=O)[nH]c(=O)n2C. The first kappa shape index (κ1) is 21.4. The standard InChI is InChI=1S/C22H30N4O2S/c1-4-5-6-7-8-9-14-26-18-19(25(3)21(28)24-20(18)27)23-22(26)29-15-17-12-10-16(2)11-13-17/h10-13H,4-9,14-15H2,1-3H3,(H,24,27,28). The Morgan fingerprint density at radius 2 is 1.72 bits per heavy atom. The molecule has 0 bridgehead atoms. The number of aromatic nitrogens is 4. The average Bonchev–Trinajstić information content (AvgIpc) is 3.07. The lowest BCUT2D eigenvalue weighted by molar-refractivity contribution is 0.544. The van der Waals surface area contributed by atoms with Crippen LogP contribution >= 0.6 is 11.8 Å². The second-order valence-corrected chi connectivity index (χ2v) is 8.52. The maximum absolute atomic E-state index is 12.5. The Balaban J connectivity index is 1.85. The highest BCUT2D eigenvalue weighted by molar-refractivity contribution is 7.98. The van der Waals surface area contributed by atoms with Crippen LogP contribution in [0.2, 0.25) is 0 Å². The van der Waals surface area contributed by atoms with Crippen molar-refractivity contribution in [2.24, 2.45) is 7.05 Å². The van der Waals surface area contributed by atoms with Gasteiger partial charge < -0.3 is 4.57 Å². The Morgan fingerprint density at radius 1 is 1.03 bits per heavy atom. The number of unbranched alkanes of at least 4 members (excludes halogenated alkanes) is 5.